The lowest BCUT2D eigenvalue weighted by Crippen LogP contribution is -2.44. The van der Waals surface area contributed by atoms with Crippen LogP contribution in [0.5, 0.6) is 0 Å². The zero-order chi connectivity index (χ0) is 11.1. The Morgan fingerprint density at radius 1 is 1.79 bits per heavy atom. The van der Waals surface area contributed by atoms with Crippen molar-refractivity contribution in [3.63, 3.8) is 0 Å². The minimum atomic E-state index is -0.773. The summed E-state index contributed by atoms with van der Waals surface area (Å²) < 4.78 is 4.70. The summed E-state index contributed by atoms with van der Waals surface area (Å²) in [6.45, 7) is 4.86. The molecule has 5 N–H and O–H groups in total. The van der Waals surface area contributed by atoms with E-state index in [1.807, 2.05) is 0 Å². The van der Waals surface area contributed by atoms with E-state index in [2.05, 4.69) is 6.58 Å². The Hall–Kier alpha value is -1.01. The molecule has 0 saturated heterocycles. The van der Waals surface area contributed by atoms with Crippen LogP contribution in [0.4, 0.5) is 0 Å². The number of aliphatic hydroxyl groups excluding tert-OH is 1. The molecule has 0 radical (unpaired) electrons. The predicted molar refractivity (Wildman–Crippen MR) is 55.4 cm³/mol. The Bertz CT molecular complexity index is 243. The van der Waals surface area contributed by atoms with Crippen molar-refractivity contribution in [2.24, 2.45) is 5.73 Å². The number of ether oxygens (including phenoxy) is 1. The van der Waals surface area contributed by atoms with Gasteiger partial charge in [-0.1, -0.05) is 6.58 Å². The van der Waals surface area contributed by atoms with Gasteiger partial charge < -0.3 is 9.84 Å². The van der Waals surface area contributed by atoms with Crippen LogP contribution < -0.4 is 11.1 Å². The van der Waals surface area contributed by atoms with Crippen LogP contribution in [-0.2, 0) is 9.53 Å². The molecular formula is C8H15N2O3S+. The molecule has 80 valence electrons. The van der Waals surface area contributed by atoms with Gasteiger partial charge in [-0.2, -0.15) is 0 Å². The number of carbonyl (C=O) groups is 1. The minimum Gasteiger partial charge on any atom is -0.460 e. The number of rotatable bonds is 5. The van der Waals surface area contributed by atoms with Crippen molar-refractivity contribution in [2.75, 3.05) is 12.4 Å². The van der Waals surface area contributed by atoms with Crippen LogP contribution in [0, 0.1) is 0 Å². The molecule has 0 fully saturated rings. The smallest absolute Gasteiger partial charge is 0.333 e. The number of carbonyl (C=O) groups excluding carboxylic acids is 1. The van der Waals surface area contributed by atoms with E-state index in [4.69, 9.17) is 15.9 Å². The SMILES string of the molecule is C=C(C)C(=O)OCC(O)CSC(N)=[NH2+]. The molecule has 0 bridgehead atoms. The molecular weight excluding hydrogens is 204 g/mol. The molecule has 0 rings (SSSR count). The van der Waals surface area contributed by atoms with Gasteiger partial charge in [0.25, 0.3) is 5.17 Å². The summed E-state index contributed by atoms with van der Waals surface area (Å²) in [4.78, 5) is 10.9. The molecule has 0 spiro atoms. The van der Waals surface area contributed by atoms with Crippen molar-refractivity contribution in [3.8, 4) is 0 Å². The second-order valence-corrected chi connectivity index (χ2v) is 3.84. The molecule has 6 heteroatoms. The van der Waals surface area contributed by atoms with Gasteiger partial charge >= 0.3 is 5.97 Å². The lowest BCUT2D eigenvalue weighted by atomic mass is 10.3. The third-order valence-corrected chi connectivity index (χ3v) is 2.08. The molecule has 0 aromatic heterocycles. The molecule has 0 aliphatic rings. The third kappa shape index (κ3) is 6.50. The Kier molecular flexibility index (Phi) is 5.98. The lowest BCUT2D eigenvalue weighted by Gasteiger charge is -2.09. The van der Waals surface area contributed by atoms with Gasteiger partial charge in [-0.25, -0.2) is 4.79 Å². The first-order valence-electron chi connectivity index (χ1n) is 3.95. The predicted octanol–water partition coefficient (Wildman–Crippen LogP) is -1.73. The average molecular weight is 219 g/mol. The fourth-order valence-electron chi connectivity index (χ4n) is 0.536. The van der Waals surface area contributed by atoms with Crippen molar-refractivity contribution in [1.29, 1.82) is 0 Å². The topological polar surface area (TPSA) is 98.1 Å². The van der Waals surface area contributed by atoms with Gasteiger partial charge in [-0.15, -0.1) is 0 Å². The van der Waals surface area contributed by atoms with Gasteiger partial charge in [0.15, 0.2) is 0 Å². The third-order valence-electron chi connectivity index (χ3n) is 1.20. The highest BCUT2D eigenvalue weighted by molar-refractivity contribution is 8.13. The fraction of sp³-hybridized carbons (Fsp3) is 0.500. The van der Waals surface area contributed by atoms with Crippen molar-refractivity contribution in [3.05, 3.63) is 12.2 Å². The molecule has 0 amide bonds. The first-order valence-corrected chi connectivity index (χ1v) is 4.93. The highest BCUT2D eigenvalue weighted by Crippen LogP contribution is 2.01. The zero-order valence-corrected chi connectivity index (χ0v) is 8.84. The summed E-state index contributed by atoms with van der Waals surface area (Å²) in [5.74, 6) is -0.218. The number of hydrogen-bond donors (Lipinski definition) is 3. The van der Waals surface area contributed by atoms with Crippen LogP contribution in [0.15, 0.2) is 12.2 Å². The molecule has 1 atom stereocenters. The lowest BCUT2D eigenvalue weighted by molar-refractivity contribution is -0.141. The molecule has 0 aliphatic heterocycles. The molecule has 5 nitrogen and oxygen atoms in total. The van der Waals surface area contributed by atoms with Crippen molar-refractivity contribution in [2.45, 2.75) is 13.0 Å². The highest BCUT2D eigenvalue weighted by Gasteiger charge is 2.10. The summed E-state index contributed by atoms with van der Waals surface area (Å²) in [5.41, 5.74) is 5.47. The Morgan fingerprint density at radius 2 is 2.36 bits per heavy atom. The Balaban J connectivity index is 3.63. The van der Waals surface area contributed by atoms with Crippen LogP contribution in [0.2, 0.25) is 0 Å². The van der Waals surface area contributed by atoms with Crippen LogP contribution in [0.25, 0.3) is 0 Å². The maximum Gasteiger partial charge on any atom is 0.333 e. The maximum absolute atomic E-state index is 10.9. The van der Waals surface area contributed by atoms with Crippen LogP contribution in [0.1, 0.15) is 6.92 Å². The molecule has 1 unspecified atom stereocenters. The largest absolute Gasteiger partial charge is 0.460 e. The monoisotopic (exact) mass is 219 g/mol. The highest BCUT2D eigenvalue weighted by atomic mass is 32.2. The van der Waals surface area contributed by atoms with E-state index >= 15 is 0 Å². The van der Waals surface area contributed by atoms with E-state index in [9.17, 15) is 9.90 Å². The number of hydrogen-bond acceptors (Lipinski definition) is 4. The first-order chi connectivity index (χ1) is 6.43. The van der Waals surface area contributed by atoms with E-state index in [-0.39, 0.29) is 11.8 Å². The van der Waals surface area contributed by atoms with Crippen LogP contribution in [-0.4, -0.2) is 34.7 Å². The second-order valence-electron chi connectivity index (χ2n) is 2.75. The molecule has 0 aromatic rings. The second kappa shape index (κ2) is 6.44. The number of thioether (sulfide) groups is 1. The summed E-state index contributed by atoms with van der Waals surface area (Å²) >= 11 is 1.11. The zero-order valence-electron chi connectivity index (χ0n) is 8.03. The molecule has 14 heavy (non-hydrogen) atoms. The molecule has 0 aliphatic carbocycles. The van der Waals surface area contributed by atoms with E-state index in [0.717, 1.165) is 11.8 Å². The summed E-state index contributed by atoms with van der Waals surface area (Å²) in [5, 5.41) is 14.6. The summed E-state index contributed by atoms with van der Waals surface area (Å²) in [7, 11) is 0. The van der Waals surface area contributed by atoms with Gasteiger partial charge in [0.05, 0.1) is 6.10 Å². The quantitative estimate of drug-likeness (QED) is 0.221. The van der Waals surface area contributed by atoms with Crippen LogP contribution >= 0.6 is 11.8 Å². The van der Waals surface area contributed by atoms with E-state index in [1.54, 1.807) is 0 Å². The van der Waals surface area contributed by atoms with Gasteiger partial charge in [-0.05, 0) is 18.7 Å². The summed E-state index contributed by atoms with van der Waals surface area (Å²) in [6.07, 6.45) is -0.773. The number of amidine groups is 1. The van der Waals surface area contributed by atoms with Gasteiger partial charge in [0, 0.05) is 11.3 Å². The van der Waals surface area contributed by atoms with Gasteiger partial charge in [-0.3, -0.25) is 11.1 Å². The molecule has 0 aromatic carbocycles. The van der Waals surface area contributed by atoms with Crippen molar-refractivity contribution >= 4 is 22.9 Å². The average Bonchev–Trinajstić information content (AvgIpc) is 2.10. The van der Waals surface area contributed by atoms with Crippen LogP contribution in [0.3, 0.4) is 0 Å². The summed E-state index contributed by atoms with van der Waals surface area (Å²) in [6, 6.07) is 0. The number of aliphatic hydroxyl groups is 1. The number of esters is 1. The van der Waals surface area contributed by atoms with Gasteiger partial charge in [0.2, 0.25) is 0 Å². The molecule has 0 saturated carbocycles. The minimum absolute atomic E-state index is 0.0774. The Labute approximate surface area is 86.8 Å². The first kappa shape index (κ1) is 13.0. The van der Waals surface area contributed by atoms with E-state index in [1.165, 1.54) is 6.92 Å². The van der Waals surface area contributed by atoms with Gasteiger partial charge in [0.1, 0.15) is 6.61 Å². The normalized spacial score (nSPS) is 11.9. The Morgan fingerprint density at radius 3 is 2.79 bits per heavy atom. The van der Waals surface area contributed by atoms with Crippen molar-refractivity contribution in [1.82, 2.24) is 0 Å². The number of nitrogens with two attached hydrogens (primary N) is 2. The molecule has 0 heterocycles. The standard InChI is InChI=1S/C8H14N2O3S/c1-5(2)7(12)13-3-6(11)4-14-8(9)10/h6,11H,1,3-4H2,2H3,(H3,9,10)/p+1. The van der Waals surface area contributed by atoms with E-state index < -0.39 is 12.1 Å². The van der Waals surface area contributed by atoms with E-state index in [0.29, 0.717) is 11.3 Å². The fourth-order valence-corrected chi connectivity index (χ4v) is 1.02. The van der Waals surface area contributed by atoms with Crippen molar-refractivity contribution < 1.29 is 20.0 Å². The maximum atomic E-state index is 10.9.